The molecule has 0 radical (unpaired) electrons. The van der Waals surface area contributed by atoms with Crippen LogP contribution < -0.4 is 0 Å². The highest BCUT2D eigenvalue weighted by atomic mass is 16.1. The molecular formula is C27H18N4O. The highest BCUT2D eigenvalue weighted by molar-refractivity contribution is 6.14. The molecule has 152 valence electrons. The molecule has 8 bridgehead atoms. The van der Waals surface area contributed by atoms with Crippen LogP contribution >= 0.6 is 0 Å². The van der Waals surface area contributed by atoms with Gasteiger partial charge in [0.2, 0.25) is 0 Å². The lowest BCUT2D eigenvalue weighted by molar-refractivity contribution is 0.112. The van der Waals surface area contributed by atoms with E-state index in [1.165, 1.54) is 0 Å². The van der Waals surface area contributed by atoms with Crippen LogP contribution in [0.4, 0.5) is 0 Å². The lowest BCUT2D eigenvalue weighted by Crippen LogP contribution is -1.89. The third-order valence-electron chi connectivity index (χ3n) is 4.85. The van der Waals surface area contributed by atoms with Gasteiger partial charge in [-0.15, -0.1) is 0 Å². The van der Waals surface area contributed by atoms with Crippen molar-refractivity contribution in [1.29, 1.82) is 0 Å². The monoisotopic (exact) mass is 414 g/mol. The van der Waals surface area contributed by atoms with E-state index in [-0.39, 0.29) is 0 Å². The van der Waals surface area contributed by atoms with E-state index in [0.29, 0.717) is 0 Å². The largest absolute Gasteiger partial charge is 0.298 e. The summed E-state index contributed by atoms with van der Waals surface area (Å²) in [7, 11) is 0. The molecule has 0 aliphatic carbocycles. The lowest BCUT2D eigenvalue weighted by Gasteiger charge is -1.94. The van der Waals surface area contributed by atoms with Gasteiger partial charge in [0, 0.05) is 5.56 Å². The quantitative estimate of drug-likeness (QED) is 0.591. The van der Waals surface area contributed by atoms with Crippen molar-refractivity contribution in [3.8, 4) is 0 Å². The van der Waals surface area contributed by atoms with Crippen LogP contribution in [0.15, 0.2) is 146 Å². The van der Waals surface area contributed by atoms with Gasteiger partial charge in [0.05, 0.1) is 45.6 Å². The Labute approximate surface area is 185 Å². The second kappa shape index (κ2) is 8.70. The van der Waals surface area contributed by atoms with Crippen LogP contribution in [0.5, 0.6) is 0 Å². The predicted octanol–water partition coefficient (Wildman–Crippen LogP) is 5.08. The maximum atomic E-state index is 10.0. The Morgan fingerprint density at radius 1 is 0.469 bits per heavy atom. The minimum Gasteiger partial charge on any atom is -0.298 e. The fraction of sp³-hybridized carbons (Fsp3) is 0. The first-order chi connectivity index (χ1) is 15.7. The van der Waals surface area contributed by atoms with Gasteiger partial charge in [0.25, 0.3) is 0 Å². The first kappa shape index (κ1) is 19.5. The fourth-order valence-electron chi connectivity index (χ4n) is 3.36. The third kappa shape index (κ3) is 4.63. The zero-order valence-electron chi connectivity index (χ0n) is 17.1. The number of allylic oxidation sites excluding steroid dienone is 12. The Morgan fingerprint density at radius 3 is 1.09 bits per heavy atom. The Hall–Kier alpha value is -4.51. The number of carbonyl (C=O) groups excluding carboxylic acids is 1. The van der Waals surface area contributed by atoms with Gasteiger partial charge in [-0.3, -0.25) is 4.79 Å². The Morgan fingerprint density at radius 2 is 0.812 bits per heavy atom. The Bertz CT molecular complexity index is 1170. The van der Waals surface area contributed by atoms with Crippen molar-refractivity contribution in [3.05, 3.63) is 132 Å². The highest BCUT2D eigenvalue weighted by Crippen LogP contribution is 2.20. The Kier molecular flexibility index (Phi) is 5.29. The van der Waals surface area contributed by atoms with Gasteiger partial charge in [-0.05, 0) is 72.9 Å². The van der Waals surface area contributed by atoms with E-state index in [0.717, 1.165) is 57.5 Å². The zero-order valence-corrected chi connectivity index (χ0v) is 17.1. The molecular weight excluding hydrogens is 396 g/mol. The molecule has 1 aromatic rings. The molecule has 5 nitrogen and oxygen atoms in total. The zero-order chi connectivity index (χ0) is 21.8. The second-order valence-corrected chi connectivity index (χ2v) is 7.29. The van der Waals surface area contributed by atoms with E-state index in [1.54, 1.807) is 12.1 Å². The minimum absolute atomic E-state index is 0.729. The van der Waals surface area contributed by atoms with E-state index >= 15 is 0 Å². The standard InChI is InChI=1S/C20H12N4.C7H6O/c1-2-14-10-16-5-6-18(23-16)12-20-8-7-19(24-20)11-17-4-3-15(22-17)9-13(1)21-14;8-6-7-4-2-1-3-5-7/h1-12H;1-6H. The van der Waals surface area contributed by atoms with Crippen molar-refractivity contribution in [2.45, 2.75) is 0 Å². The molecule has 32 heavy (non-hydrogen) atoms. The van der Waals surface area contributed by atoms with Gasteiger partial charge in [-0.1, -0.05) is 30.3 Å². The molecule has 0 saturated heterocycles. The van der Waals surface area contributed by atoms with E-state index < -0.39 is 0 Å². The third-order valence-corrected chi connectivity index (χ3v) is 4.85. The smallest absolute Gasteiger partial charge is 0.150 e. The average molecular weight is 414 g/mol. The SMILES string of the molecule is C1=CC2=NC1=CC1=NC(=CC3=NC(=CC4=NC(=C2)C=C4)C=C3)C=C1.O=Cc1ccccc1. The number of benzene rings is 1. The lowest BCUT2D eigenvalue weighted by atomic mass is 10.2. The van der Waals surface area contributed by atoms with Gasteiger partial charge < -0.3 is 0 Å². The van der Waals surface area contributed by atoms with Gasteiger partial charge >= 0.3 is 0 Å². The molecule has 0 atom stereocenters. The number of rotatable bonds is 1. The van der Waals surface area contributed by atoms with E-state index in [1.807, 2.05) is 91.1 Å². The number of fused-ring (bicyclic) bond motifs is 4. The van der Waals surface area contributed by atoms with E-state index in [9.17, 15) is 4.79 Å². The molecule has 0 unspecified atom stereocenters. The van der Waals surface area contributed by atoms with Crippen LogP contribution in [0.25, 0.3) is 0 Å². The maximum Gasteiger partial charge on any atom is 0.150 e. The molecule has 1 aromatic carbocycles. The van der Waals surface area contributed by atoms with E-state index in [4.69, 9.17) is 0 Å². The van der Waals surface area contributed by atoms with Crippen LogP contribution in [-0.2, 0) is 0 Å². The number of aliphatic imine (C=N–C) groups is 4. The van der Waals surface area contributed by atoms with Crippen molar-refractivity contribution >= 4 is 29.1 Å². The molecule has 5 aliphatic rings. The predicted molar refractivity (Wildman–Crippen MR) is 130 cm³/mol. The molecule has 0 saturated carbocycles. The van der Waals surface area contributed by atoms with Crippen LogP contribution in [0.1, 0.15) is 10.4 Å². The molecule has 5 heteroatoms. The number of aldehydes is 1. The molecule has 0 fully saturated rings. The van der Waals surface area contributed by atoms with Crippen molar-refractivity contribution in [2.75, 3.05) is 0 Å². The normalized spacial score (nSPS) is 19.1. The highest BCUT2D eigenvalue weighted by Gasteiger charge is 2.11. The van der Waals surface area contributed by atoms with Crippen molar-refractivity contribution in [1.82, 2.24) is 0 Å². The first-order valence-corrected chi connectivity index (χ1v) is 10.2. The van der Waals surface area contributed by atoms with Crippen LogP contribution in [0, 0.1) is 0 Å². The summed E-state index contributed by atoms with van der Waals surface area (Å²) in [6.45, 7) is 0. The van der Waals surface area contributed by atoms with Gasteiger partial charge in [-0.2, -0.15) is 0 Å². The van der Waals surface area contributed by atoms with Crippen molar-refractivity contribution < 1.29 is 4.79 Å². The minimum atomic E-state index is 0.729. The van der Waals surface area contributed by atoms with Gasteiger partial charge in [0.15, 0.2) is 0 Å². The fourth-order valence-corrected chi connectivity index (χ4v) is 3.36. The summed E-state index contributed by atoms with van der Waals surface area (Å²) >= 11 is 0. The second-order valence-electron chi connectivity index (χ2n) is 7.29. The number of hydrogen-bond acceptors (Lipinski definition) is 5. The van der Waals surface area contributed by atoms with Crippen LogP contribution in [0.2, 0.25) is 0 Å². The molecule has 6 rings (SSSR count). The summed E-state index contributed by atoms with van der Waals surface area (Å²) in [5.74, 6) is 0. The summed E-state index contributed by atoms with van der Waals surface area (Å²) in [4.78, 5) is 28.4. The van der Waals surface area contributed by atoms with Crippen molar-refractivity contribution in [3.63, 3.8) is 0 Å². The summed E-state index contributed by atoms with van der Waals surface area (Å²) in [5.41, 5.74) is 7.88. The molecule has 0 N–H and O–H groups in total. The van der Waals surface area contributed by atoms with E-state index in [2.05, 4.69) is 20.0 Å². The van der Waals surface area contributed by atoms with Gasteiger partial charge in [-0.25, -0.2) is 20.0 Å². The summed E-state index contributed by atoms with van der Waals surface area (Å²) in [6, 6.07) is 9.10. The molecule has 5 heterocycles. The number of carbonyl (C=O) groups is 1. The topological polar surface area (TPSA) is 66.5 Å². The average Bonchev–Trinajstić information content (AvgIpc) is 3.61. The summed E-state index contributed by atoms with van der Waals surface area (Å²) in [5, 5.41) is 0. The van der Waals surface area contributed by atoms with Crippen LogP contribution in [-0.4, -0.2) is 29.1 Å². The number of hydrogen-bond donors (Lipinski definition) is 0. The Balaban J connectivity index is 0.000000230. The molecule has 0 spiro atoms. The van der Waals surface area contributed by atoms with Crippen molar-refractivity contribution in [2.24, 2.45) is 20.0 Å². The molecule has 5 aliphatic heterocycles. The molecule has 0 amide bonds. The number of nitrogens with zero attached hydrogens (tertiary/aromatic N) is 4. The van der Waals surface area contributed by atoms with Gasteiger partial charge in [0.1, 0.15) is 6.29 Å². The molecule has 0 aromatic heterocycles. The maximum absolute atomic E-state index is 10.0. The first-order valence-electron chi connectivity index (χ1n) is 10.2. The summed E-state index contributed by atoms with van der Waals surface area (Å²) < 4.78 is 0. The summed E-state index contributed by atoms with van der Waals surface area (Å²) in [6.07, 6.45) is 24.6. The van der Waals surface area contributed by atoms with Crippen LogP contribution in [0.3, 0.4) is 0 Å².